The maximum Gasteiger partial charge on any atom is 0.161 e. The van der Waals surface area contributed by atoms with Gasteiger partial charge in [0.2, 0.25) is 0 Å². The predicted molar refractivity (Wildman–Crippen MR) is 66.8 cm³/mol. The standard InChI is InChI=1S/C13H17N3O/c1-16-13(12(17-2)9-15-16)11(14)8-10-6-4-3-5-7-10/h3-7,9,11H,8,14H2,1-2H3. The zero-order chi connectivity index (χ0) is 12.3. The van der Waals surface area contributed by atoms with E-state index < -0.39 is 0 Å². The van der Waals surface area contributed by atoms with Crippen molar-refractivity contribution in [3.05, 3.63) is 47.8 Å². The molecule has 1 aromatic heterocycles. The Morgan fingerprint density at radius 1 is 1.35 bits per heavy atom. The van der Waals surface area contributed by atoms with Crippen molar-refractivity contribution in [3.8, 4) is 5.75 Å². The first-order valence-electron chi connectivity index (χ1n) is 5.57. The van der Waals surface area contributed by atoms with Crippen LogP contribution in [0.4, 0.5) is 0 Å². The van der Waals surface area contributed by atoms with Crippen LogP contribution in [0.5, 0.6) is 5.75 Å². The summed E-state index contributed by atoms with van der Waals surface area (Å²) in [5.74, 6) is 0.746. The average Bonchev–Trinajstić information content (AvgIpc) is 2.71. The number of hydrogen-bond donors (Lipinski definition) is 1. The van der Waals surface area contributed by atoms with Gasteiger partial charge in [-0.05, 0) is 12.0 Å². The van der Waals surface area contributed by atoms with Gasteiger partial charge in [0.05, 0.1) is 25.0 Å². The summed E-state index contributed by atoms with van der Waals surface area (Å²) in [5, 5.41) is 4.16. The molecule has 1 atom stereocenters. The summed E-state index contributed by atoms with van der Waals surface area (Å²) in [5.41, 5.74) is 8.35. The van der Waals surface area contributed by atoms with Crippen molar-refractivity contribution in [2.24, 2.45) is 12.8 Å². The van der Waals surface area contributed by atoms with Crippen molar-refractivity contribution in [1.29, 1.82) is 0 Å². The molecule has 2 aromatic rings. The maximum absolute atomic E-state index is 6.21. The summed E-state index contributed by atoms with van der Waals surface area (Å²) in [4.78, 5) is 0. The SMILES string of the molecule is COc1cnn(C)c1C(N)Cc1ccccc1. The molecule has 2 rings (SSSR count). The third kappa shape index (κ3) is 2.47. The van der Waals surface area contributed by atoms with Crippen LogP contribution in [-0.4, -0.2) is 16.9 Å². The molecule has 0 bridgehead atoms. The molecule has 90 valence electrons. The molecule has 2 N–H and O–H groups in total. The Morgan fingerprint density at radius 3 is 2.71 bits per heavy atom. The van der Waals surface area contributed by atoms with Crippen LogP contribution in [0, 0.1) is 0 Å². The number of rotatable bonds is 4. The second-order valence-corrected chi connectivity index (χ2v) is 4.02. The van der Waals surface area contributed by atoms with E-state index in [4.69, 9.17) is 10.5 Å². The molecular formula is C13H17N3O. The summed E-state index contributed by atoms with van der Waals surface area (Å²) >= 11 is 0. The van der Waals surface area contributed by atoms with Gasteiger partial charge in [-0.1, -0.05) is 30.3 Å². The van der Waals surface area contributed by atoms with Gasteiger partial charge in [-0.25, -0.2) is 0 Å². The Kier molecular flexibility index (Phi) is 3.44. The molecule has 4 nitrogen and oxygen atoms in total. The van der Waals surface area contributed by atoms with E-state index in [1.165, 1.54) is 5.56 Å². The number of ether oxygens (including phenoxy) is 1. The van der Waals surface area contributed by atoms with Gasteiger partial charge >= 0.3 is 0 Å². The van der Waals surface area contributed by atoms with E-state index in [0.717, 1.165) is 17.9 Å². The number of hydrogen-bond acceptors (Lipinski definition) is 3. The number of aryl methyl sites for hydroxylation is 1. The lowest BCUT2D eigenvalue weighted by atomic mass is 10.0. The zero-order valence-corrected chi connectivity index (χ0v) is 10.1. The van der Waals surface area contributed by atoms with Crippen LogP contribution >= 0.6 is 0 Å². The van der Waals surface area contributed by atoms with Crippen LogP contribution < -0.4 is 10.5 Å². The highest BCUT2D eigenvalue weighted by atomic mass is 16.5. The summed E-state index contributed by atoms with van der Waals surface area (Å²) < 4.78 is 7.03. The fourth-order valence-corrected chi connectivity index (χ4v) is 1.97. The van der Waals surface area contributed by atoms with Crippen molar-refractivity contribution in [1.82, 2.24) is 9.78 Å². The largest absolute Gasteiger partial charge is 0.493 e. The summed E-state index contributed by atoms with van der Waals surface area (Å²) in [7, 11) is 3.51. The van der Waals surface area contributed by atoms with E-state index in [9.17, 15) is 0 Å². The van der Waals surface area contributed by atoms with E-state index in [-0.39, 0.29) is 6.04 Å². The Hall–Kier alpha value is -1.81. The van der Waals surface area contributed by atoms with Gasteiger partial charge in [-0.3, -0.25) is 4.68 Å². The Morgan fingerprint density at radius 2 is 2.06 bits per heavy atom. The average molecular weight is 231 g/mol. The fraction of sp³-hybridized carbons (Fsp3) is 0.308. The molecule has 0 radical (unpaired) electrons. The fourth-order valence-electron chi connectivity index (χ4n) is 1.97. The van der Waals surface area contributed by atoms with Crippen molar-refractivity contribution in [3.63, 3.8) is 0 Å². The van der Waals surface area contributed by atoms with Crippen molar-refractivity contribution in [2.75, 3.05) is 7.11 Å². The van der Waals surface area contributed by atoms with Crippen LogP contribution in [0.25, 0.3) is 0 Å². The van der Waals surface area contributed by atoms with Gasteiger partial charge in [-0.2, -0.15) is 5.10 Å². The van der Waals surface area contributed by atoms with Gasteiger partial charge in [0.15, 0.2) is 5.75 Å². The van der Waals surface area contributed by atoms with Crippen LogP contribution in [0.2, 0.25) is 0 Å². The van der Waals surface area contributed by atoms with Crippen LogP contribution in [0.15, 0.2) is 36.5 Å². The molecule has 0 aliphatic heterocycles. The molecule has 0 saturated carbocycles. The molecule has 0 aliphatic rings. The monoisotopic (exact) mass is 231 g/mol. The first-order valence-corrected chi connectivity index (χ1v) is 5.57. The molecule has 4 heteroatoms. The Bertz CT molecular complexity index is 479. The number of nitrogens with zero attached hydrogens (tertiary/aromatic N) is 2. The van der Waals surface area contributed by atoms with Crippen molar-refractivity contribution in [2.45, 2.75) is 12.5 Å². The topological polar surface area (TPSA) is 53.1 Å². The van der Waals surface area contributed by atoms with Crippen LogP contribution in [0.3, 0.4) is 0 Å². The molecular weight excluding hydrogens is 214 g/mol. The van der Waals surface area contributed by atoms with Gasteiger partial charge in [-0.15, -0.1) is 0 Å². The smallest absolute Gasteiger partial charge is 0.161 e. The maximum atomic E-state index is 6.21. The summed E-state index contributed by atoms with van der Waals surface area (Å²) in [6, 6.07) is 10.1. The predicted octanol–water partition coefficient (Wildman–Crippen LogP) is 1.67. The minimum Gasteiger partial charge on any atom is -0.493 e. The highest BCUT2D eigenvalue weighted by Gasteiger charge is 2.17. The van der Waals surface area contributed by atoms with E-state index in [1.54, 1.807) is 18.0 Å². The quantitative estimate of drug-likeness (QED) is 0.870. The van der Waals surface area contributed by atoms with E-state index in [1.807, 2.05) is 25.2 Å². The lowest BCUT2D eigenvalue weighted by Gasteiger charge is -2.13. The number of aromatic nitrogens is 2. The second-order valence-electron chi connectivity index (χ2n) is 4.02. The van der Waals surface area contributed by atoms with Gasteiger partial charge in [0, 0.05) is 7.05 Å². The third-order valence-corrected chi connectivity index (χ3v) is 2.82. The van der Waals surface area contributed by atoms with Gasteiger partial charge in [0.1, 0.15) is 0 Å². The second kappa shape index (κ2) is 5.01. The molecule has 1 aromatic carbocycles. The van der Waals surface area contributed by atoms with E-state index in [0.29, 0.717) is 0 Å². The number of methoxy groups -OCH3 is 1. The third-order valence-electron chi connectivity index (χ3n) is 2.82. The first kappa shape index (κ1) is 11.7. The summed E-state index contributed by atoms with van der Waals surface area (Å²) in [6.07, 6.45) is 2.47. The van der Waals surface area contributed by atoms with E-state index in [2.05, 4.69) is 17.2 Å². The van der Waals surface area contributed by atoms with Crippen LogP contribution in [-0.2, 0) is 13.5 Å². The normalized spacial score (nSPS) is 12.4. The molecule has 0 amide bonds. The number of benzene rings is 1. The Balaban J connectivity index is 2.20. The van der Waals surface area contributed by atoms with Crippen LogP contribution in [0.1, 0.15) is 17.3 Å². The minimum absolute atomic E-state index is 0.111. The first-order chi connectivity index (χ1) is 8.22. The minimum atomic E-state index is -0.111. The molecule has 0 aliphatic carbocycles. The summed E-state index contributed by atoms with van der Waals surface area (Å²) in [6.45, 7) is 0. The van der Waals surface area contributed by atoms with Crippen molar-refractivity contribution >= 4 is 0 Å². The molecule has 0 fully saturated rings. The Labute approximate surface area is 101 Å². The lowest BCUT2D eigenvalue weighted by molar-refractivity contribution is 0.402. The van der Waals surface area contributed by atoms with Gasteiger partial charge < -0.3 is 10.5 Å². The molecule has 17 heavy (non-hydrogen) atoms. The lowest BCUT2D eigenvalue weighted by Crippen LogP contribution is -2.18. The highest BCUT2D eigenvalue weighted by Crippen LogP contribution is 2.24. The zero-order valence-electron chi connectivity index (χ0n) is 10.1. The highest BCUT2D eigenvalue weighted by molar-refractivity contribution is 5.29. The molecule has 0 spiro atoms. The number of nitrogens with two attached hydrogens (primary N) is 1. The molecule has 1 heterocycles. The van der Waals surface area contributed by atoms with E-state index >= 15 is 0 Å². The molecule has 1 unspecified atom stereocenters. The van der Waals surface area contributed by atoms with Gasteiger partial charge in [0.25, 0.3) is 0 Å². The van der Waals surface area contributed by atoms with Crippen molar-refractivity contribution < 1.29 is 4.74 Å². The molecule has 0 saturated heterocycles.